The Balaban J connectivity index is 2.93. The molecule has 0 aliphatic heterocycles. The molecule has 0 aromatic heterocycles. The summed E-state index contributed by atoms with van der Waals surface area (Å²) >= 11 is -0.325. The van der Waals surface area contributed by atoms with Gasteiger partial charge in [-0.05, 0) is 29.8 Å². The minimum Gasteiger partial charge on any atom is -0.394 e. The van der Waals surface area contributed by atoms with E-state index in [1.165, 1.54) is 24.3 Å². The van der Waals surface area contributed by atoms with E-state index in [0.29, 0.717) is 0 Å². The number of nitrogens with one attached hydrogen (secondary N) is 1. The fourth-order valence-electron chi connectivity index (χ4n) is 1.54. The van der Waals surface area contributed by atoms with Crippen molar-refractivity contribution in [1.82, 2.24) is 5.32 Å². The molecule has 1 atom stereocenters. The average molecular weight is 307 g/mol. The molecule has 0 radical (unpaired) electrons. The number of hydrogen-bond donors (Lipinski definition) is 2. The van der Waals surface area contributed by atoms with Crippen molar-refractivity contribution in [1.29, 1.82) is 0 Å². The van der Waals surface area contributed by atoms with Crippen LogP contribution in [0.25, 0.3) is 0 Å². The molecule has 0 aliphatic carbocycles. The van der Waals surface area contributed by atoms with Crippen LogP contribution in [0.5, 0.6) is 0 Å². The van der Waals surface area contributed by atoms with Gasteiger partial charge in [-0.15, -0.1) is 0 Å². The molecule has 1 amide bonds. The SMILES string of the molecule is CC(C)C(CO)NC(=O)c1ccccc1SC(F)(F)F. The molecule has 3 nitrogen and oxygen atoms in total. The van der Waals surface area contributed by atoms with Gasteiger partial charge in [0.2, 0.25) is 0 Å². The summed E-state index contributed by atoms with van der Waals surface area (Å²) in [5.74, 6) is -0.642. The van der Waals surface area contributed by atoms with Gasteiger partial charge in [-0.25, -0.2) is 0 Å². The quantitative estimate of drug-likeness (QED) is 0.822. The van der Waals surface area contributed by atoms with Crippen LogP contribution >= 0.6 is 11.8 Å². The Labute approximate surface area is 119 Å². The number of benzene rings is 1. The fourth-order valence-corrected chi connectivity index (χ4v) is 2.20. The highest BCUT2D eigenvalue weighted by atomic mass is 32.2. The molecule has 0 saturated heterocycles. The zero-order valence-electron chi connectivity index (χ0n) is 11.1. The summed E-state index contributed by atoms with van der Waals surface area (Å²) in [5, 5.41) is 11.7. The predicted octanol–water partition coefficient (Wildman–Crippen LogP) is 3.05. The molecule has 2 N–H and O–H groups in total. The number of thioether (sulfide) groups is 1. The first kappa shape index (κ1) is 16.8. The number of carbonyl (C=O) groups excluding carboxylic acids is 1. The summed E-state index contributed by atoms with van der Waals surface area (Å²) in [5.41, 5.74) is -4.50. The van der Waals surface area contributed by atoms with Gasteiger partial charge in [0.25, 0.3) is 5.91 Å². The Morgan fingerprint density at radius 1 is 1.35 bits per heavy atom. The number of rotatable bonds is 5. The maximum Gasteiger partial charge on any atom is 0.446 e. The third kappa shape index (κ3) is 5.05. The molecule has 112 valence electrons. The van der Waals surface area contributed by atoms with Crippen molar-refractivity contribution in [2.45, 2.75) is 30.3 Å². The predicted molar refractivity (Wildman–Crippen MR) is 71.5 cm³/mol. The number of carbonyl (C=O) groups is 1. The Bertz CT molecular complexity index is 463. The van der Waals surface area contributed by atoms with E-state index in [0.717, 1.165) is 0 Å². The van der Waals surface area contributed by atoms with Crippen molar-refractivity contribution in [2.24, 2.45) is 5.92 Å². The number of alkyl halides is 3. The highest BCUT2D eigenvalue weighted by Crippen LogP contribution is 2.38. The first-order chi connectivity index (χ1) is 9.24. The van der Waals surface area contributed by atoms with Crippen LogP contribution in [0.2, 0.25) is 0 Å². The van der Waals surface area contributed by atoms with Gasteiger partial charge < -0.3 is 10.4 Å². The Kier molecular flexibility index (Phi) is 5.88. The molecule has 1 rings (SSSR count). The molecule has 0 spiro atoms. The topological polar surface area (TPSA) is 49.3 Å². The van der Waals surface area contributed by atoms with Crippen LogP contribution in [-0.4, -0.2) is 29.2 Å². The first-order valence-corrected chi connectivity index (χ1v) is 6.82. The normalized spacial score (nSPS) is 13.3. The number of aliphatic hydroxyl groups is 1. The van der Waals surface area contributed by atoms with Gasteiger partial charge in [0, 0.05) is 4.90 Å². The Morgan fingerprint density at radius 3 is 2.45 bits per heavy atom. The number of amides is 1. The summed E-state index contributed by atoms with van der Waals surface area (Å²) in [7, 11) is 0. The third-order valence-corrected chi connectivity index (χ3v) is 3.48. The monoisotopic (exact) mass is 307 g/mol. The van der Waals surface area contributed by atoms with Crippen molar-refractivity contribution < 1.29 is 23.1 Å². The van der Waals surface area contributed by atoms with E-state index in [9.17, 15) is 18.0 Å². The van der Waals surface area contributed by atoms with Crippen LogP contribution < -0.4 is 5.32 Å². The summed E-state index contributed by atoms with van der Waals surface area (Å²) in [6.45, 7) is 3.34. The Morgan fingerprint density at radius 2 is 1.95 bits per heavy atom. The molecular formula is C13H16F3NO2S. The second-order valence-corrected chi connectivity index (χ2v) is 5.66. The molecule has 1 aromatic rings. The van der Waals surface area contributed by atoms with Crippen LogP contribution in [0.3, 0.4) is 0 Å². The standard InChI is InChI=1S/C13H16F3NO2S/c1-8(2)10(7-18)17-12(19)9-5-3-4-6-11(9)20-13(14,15)16/h3-6,8,10,18H,7H2,1-2H3,(H,17,19). The maximum atomic E-state index is 12.4. The molecule has 1 aromatic carbocycles. The minimum absolute atomic E-state index is 0.0219. The van der Waals surface area contributed by atoms with Gasteiger partial charge in [0.1, 0.15) is 0 Å². The van der Waals surface area contributed by atoms with E-state index in [2.05, 4.69) is 5.32 Å². The number of hydrogen-bond acceptors (Lipinski definition) is 3. The van der Waals surface area contributed by atoms with E-state index < -0.39 is 17.5 Å². The van der Waals surface area contributed by atoms with Gasteiger partial charge in [0.05, 0.1) is 18.2 Å². The van der Waals surface area contributed by atoms with Gasteiger partial charge >= 0.3 is 5.51 Å². The molecule has 20 heavy (non-hydrogen) atoms. The summed E-state index contributed by atoms with van der Waals surface area (Å²) in [4.78, 5) is 11.9. The zero-order valence-corrected chi connectivity index (χ0v) is 11.9. The number of halogens is 3. The second-order valence-electron chi connectivity index (χ2n) is 4.55. The molecule has 0 bridgehead atoms. The van der Waals surface area contributed by atoms with E-state index in [-0.39, 0.29) is 34.7 Å². The Hall–Kier alpha value is -1.21. The van der Waals surface area contributed by atoms with Crippen LogP contribution in [0.1, 0.15) is 24.2 Å². The molecule has 1 unspecified atom stereocenters. The fraction of sp³-hybridized carbons (Fsp3) is 0.462. The number of aliphatic hydroxyl groups excluding tert-OH is 1. The summed E-state index contributed by atoms with van der Waals surface area (Å²) in [6, 6.07) is 5.02. The highest BCUT2D eigenvalue weighted by molar-refractivity contribution is 8.00. The van der Waals surface area contributed by atoms with Crippen LogP contribution in [-0.2, 0) is 0 Å². The molecule has 0 saturated carbocycles. The minimum atomic E-state index is -4.45. The maximum absolute atomic E-state index is 12.4. The molecule has 0 heterocycles. The van der Waals surface area contributed by atoms with Crippen molar-refractivity contribution in [3.8, 4) is 0 Å². The first-order valence-electron chi connectivity index (χ1n) is 6.01. The van der Waals surface area contributed by atoms with Gasteiger partial charge in [-0.1, -0.05) is 26.0 Å². The zero-order chi connectivity index (χ0) is 15.3. The lowest BCUT2D eigenvalue weighted by atomic mass is 10.0. The van der Waals surface area contributed by atoms with Crippen molar-refractivity contribution in [3.05, 3.63) is 29.8 Å². The summed E-state index contributed by atoms with van der Waals surface area (Å²) < 4.78 is 37.3. The lowest BCUT2D eigenvalue weighted by Crippen LogP contribution is -2.41. The molecule has 0 fully saturated rings. The smallest absolute Gasteiger partial charge is 0.394 e. The molecule has 7 heteroatoms. The van der Waals surface area contributed by atoms with E-state index in [1.807, 2.05) is 0 Å². The van der Waals surface area contributed by atoms with Crippen LogP contribution in [0.15, 0.2) is 29.2 Å². The van der Waals surface area contributed by atoms with Crippen LogP contribution in [0, 0.1) is 5.92 Å². The van der Waals surface area contributed by atoms with Gasteiger partial charge in [-0.2, -0.15) is 13.2 Å². The average Bonchev–Trinajstić information content (AvgIpc) is 2.34. The third-order valence-electron chi connectivity index (χ3n) is 2.68. The van der Waals surface area contributed by atoms with Gasteiger partial charge in [0.15, 0.2) is 0 Å². The lowest BCUT2D eigenvalue weighted by Gasteiger charge is -2.20. The second kappa shape index (κ2) is 6.99. The molecule has 0 aliphatic rings. The molecular weight excluding hydrogens is 291 g/mol. The lowest BCUT2D eigenvalue weighted by molar-refractivity contribution is -0.0328. The van der Waals surface area contributed by atoms with Crippen molar-refractivity contribution in [2.75, 3.05) is 6.61 Å². The van der Waals surface area contributed by atoms with Crippen LogP contribution in [0.4, 0.5) is 13.2 Å². The van der Waals surface area contributed by atoms with E-state index in [1.54, 1.807) is 13.8 Å². The summed E-state index contributed by atoms with van der Waals surface area (Å²) in [6.07, 6.45) is 0. The highest BCUT2D eigenvalue weighted by Gasteiger charge is 2.31. The van der Waals surface area contributed by atoms with Crippen molar-refractivity contribution in [3.63, 3.8) is 0 Å². The van der Waals surface area contributed by atoms with Crippen molar-refractivity contribution >= 4 is 17.7 Å². The van der Waals surface area contributed by atoms with E-state index >= 15 is 0 Å². The largest absolute Gasteiger partial charge is 0.446 e. The van der Waals surface area contributed by atoms with E-state index in [4.69, 9.17) is 5.11 Å². The van der Waals surface area contributed by atoms with Gasteiger partial charge in [-0.3, -0.25) is 4.79 Å².